The summed E-state index contributed by atoms with van der Waals surface area (Å²) in [6.07, 6.45) is 0.888. The molecule has 66 valence electrons. The van der Waals surface area contributed by atoms with Gasteiger partial charge in [-0.25, -0.2) is 0 Å². The lowest BCUT2D eigenvalue weighted by Gasteiger charge is -2.05. The zero-order valence-electron chi connectivity index (χ0n) is 6.94. The predicted molar refractivity (Wildman–Crippen MR) is 51.6 cm³/mol. The topological polar surface area (TPSA) is 61.3 Å². The van der Waals surface area contributed by atoms with Crippen molar-refractivity contribution in [2.24, 2.45) is 10.8 Å². The number of rotatable bonds is 4. The maximum atomic E-state index is 5.35. The molecule has 0 saturated carbocycles. The Balaban J connectivity index is 2.25. The third-order valence-corrected chi connectivity index (χ3v) is 2.16. The SMILES string of the molecule is N[SiH](N)OCCc1ccccc1. The van der Waals surface area contributed by atoms with E-state index in [2.05, 4.69) is 12.1 Å². The van der Waals surface area contributed by atoms with E-state index in [0.717, 1.165) is 6.42 Å². The lowest BCUT2D eigenvalue weighted by atomic mass is 10.2. The fourth-order valence-corrected chi connectivity index (χ4v) is 1.35. The van der Waals surface area contributed by atoms with Gasteiger partial charge < -0.3 is 15.2 Å². The van der Waals surface area contributed by atoms with E-state index in [4.69, 9.17) is 15.2 Å². The Labute approximate surface area is 74.2 Å². The molecule has 0 unspecified atom stereocenters. The zero-order valence-corrected chi connectivity index (χ0v) is 8.10. The molecule has 0 spiro atoms. The standard InChI is InChI=1S/C8H14N2OSi/c9-12(10)11-7-6-8-4-2-1-3-5-8/h1-5,12H,6-7,9-10H2. The number of hydrogen-bond acceptors (Lipinski definition) is 3. The van der Waals surface area contributed by atoms with Gasteiger partial charge in [0.15, 0.2) is 0 Å². The monoisotopic (exact) mass is 182 g/mol. The van der Waals surface area contributed by atoms with Crippen molar-refractivity contribution in [3.63, 3.8) is 0 Å². The van der Waals surface area contributed by atoms with Gasteiger partial charge in [-0.15, -0.1) is 0 Å². The lowest BCUT2D eigenvalue weighted by molar-refractivity contribution is 0.324. The third kappa shape index (κ3) is 3.63. The summed E-state index contributed by atoms with van der Waals surface area (Å²) in [6, 6.07) is 10.1. The van der Waals surface area contributed by atoms with Gasteiger partial charge in [0, 0.05) is 6.61 Å². The van der Waals surface area contributed by atoms with Gasteiger partial charge in [-0.05, 0) is 12.0 Å². The Bertz CT molecular complexity index is 216. The molecule has 4 heteroatoms. The van der Waals surface area contributed by atoms with Crippen LogP contribution < -0.4 is 10.8 Å². The van der Waals surface area contributed by atoms with E-state index in [1.54, 1.807) is 0 Å². The van der Waals surface area contributed by atoms with E-state index in [-0.39, 0.29) is 0 Å². The van der Waals surface area contributed by atoms with Crippen molar-refractivity contribution >= 4 is 9.36 Å². The molecule has 0 bridgehead atoms. The highest BCUT2D eigenvalue weighted by molar-refractivity contribution is 6.43. The van der Waals surface area contributed by atoms with Crippen molar-refractivity contribution in [1.82, 2.24) is 0 Å². The Morgan fingerprint density at radius 3 is 2.42 bits per heavy atom. The highest BCUT2D eigenvalue weighted by atomic mass is 28.3. The molecule has 4 N–H and O–H groups in total. The lowest BCUT2D eigenvalue weighted by Crippen LogP contribution is -2.40. The maximum Gasteiger partial charge on any atom is 0.329 e. The van der Waals surface area contributed by atoms with Crippen LogP contribution in [0.5, 0.6) is 0 Å². The molecule has 0 saturated heterocycles. The Hall–Kier alpha value is -0.683. The molecule has 0 radical (unpaired) electrons. The minimum Gasteiger partial charge on any atom is -0.394 e. The molecule has 0 aromatic heterocycles. The van der Waals surface area contributed by atoms with Gasteiger partial charge in [0.1, 0.15) is 0 Å². The van der Waals surface area contributed by atoms with E-state index in [1.165, 1.54) is 5.56 Å². The van der Waals surface area contributed by atoms with Crippen LogP contribution in [0.25, 0.3) is 0 Å². The molecule has 0 amide bonds. The summed E-state index contributed by atoms with van der Waals surface area (Å²) in [4.78, 5) is 0. The first kappa shape index (κ1) is 9.41. The average molecular weight is 182 g/mol. The minimum atomic E-state index is -1.81. The van der Waals surface area contributed by atoms with Crippen LogP contribution in [0.15, 0.2) is 30.3 Å². The highest BCUT2D eigenvalue weighted by Gasteiger charge is 1.96. The first-order valence-corrected chi connectivity index (χ1v) is 5.76. The molecular weight excluding hydrogens is 168 g/mol. The fourth-order valence-electron chi connectivity index (χ4n) is 0.958. The quantitative estimate of drug-likeness (QED) is 0.638. The molecule has 12 heavy (non-hydrogen) atoms. The molecule has 1 aromatic rings. The van der Waals surface area contributed by atoms with Gasteiger partial charge in [0.25, 0.3) is 0 Å². The third-order valence-electron chi connectivity index (χ3n) is 1.54. The average Bonchev–Trinajstić information content (AvgIpc) is 2.05. The van der Waals surface area contributed by atoms with Crippen molar-refractivity contribution in [2.75, 3.05) is 6.61 Å². The fraction of sp³-hybridized carbons (Fsp3) is 0.250. The van der Waals surface area contributed by atoms with Crippen LogP contribution in [-0.4, -0.2) is 16.0 Å². The molecule has 0 aliphatic rings. The van der Waals surface area contributed by atoms with E-state index in [0.29, 0.717) is 6.61 Å². The summed E-state index contributed by atoms with van der Waals surface area (Å²) >= 11 is 0. The second kappa shape index (κ2) is 5.05. The number of hydrogen-bond donors (Lipinski definition) is 2. The first-order chi connectivity index (χ1) is 5.79. The summed E-state index contributed by atoms with van der Waals surface area (Å²) in [7, 11) is -1.81. The van der Waals surface area contributed by atoms with Crippen LogP contribution >= 0.6 is 0 Å². The normalized spacial score (nSPS) is 10.6. The number of nitrogens with two attached hydrogens (primary N) is 2. The highest BCUT2D eigenvalue weighted by Crippen LogP contribution is 1.98. The molecule has 0 heterocycles. The second-order valence-corrected chi connectivity index (χ2v) is 3.83. The van der Waals surface area contributed by atoms with Gasteiger partial charge in [0.05, 0.1) is 0 Å². The second-order valence-electron chi connectivity index (χ2n) is 2.57. The molecule has 1 rings (SSSR count). The molecular formula is C8H14N2OSi. The molecule has 0 fully saturated rings. The summed E-state index contributed by atoms with van der Waals surface area (Å²) in [5.41, 5.74) is 1.26. The Kier molecular flexibility index (Phi) is 3.96. The summed E-state index contributed by atoms with van der Waals surface area (Å²) in [5, 5.41) is 10.7. The van der Waals surface area contributed by atoms with E-state index in [1.807, 2.05) is 18.2 Å². The first-order valence-electron chi connectivity index (χ1n) is 3.96. The van der Waals surface area contributed by atoms with Crippen LogP contribution in [0.2, 0.25) is 0 Å². The molecule has 0 atom stereocenters. The summed E-state index contributed by atoms with van der Waals surface area (Å²) in [6.45, 7) is 0.633. The smallest absolute Gasteiger partial charge is 0.329 e. The molecule has 1 aromatic carbocycles. The Morgan fingerprint density at radius 2 is 1.83 bits per heavy atom. The van der Waals surface area contributed by atoms with Crippen LogP contribution in [0.3, 0.4) is 0 Å². The maximum absolute atomic E-state index is 5.35. The van der Waals surface area contributed by atoms with Gasteiger partial charge >= 0.3 is 9.36 Å². The summed E-state index contributed by atoms with van der Waals surface area (Å²) in [5.74, 6) is 0. The van der Waals surface area contributed by atoms with Crippen molar-refractivity contribution < 1.29 is 4.43 Å². The summed E-state index contributed by atoms with van der Waals surface area (Å²) < 4.78 is 5.14. The van der Waals surface area contributed by atoms with Crippen LogP contribution in [0, 0.1) is 0 Å². The zero-order chi connectivity index (χ0) is 8.81. The van der Waals surface area contributed by atoms with E-state index in [9.17, 15) is 0 Å². The van der Waals surface area contributed by atoms with Gasteiger partial charge in [0.2, 0.25) is 0 Å². The molecule has 0 aliphatic carbocycles. The van der Waals surface area contributed by atoms with Crippen LogP contribution in [0.1, 0.15) is 5.56 Å². The Morgan fingerprint density at radius 1 is 1.17 bits per heavy atom. The van der Waals surface area contributed by atoms with Crippen molar-refractivity contribution in [1.29, 1.82) is 0 Å². The predicted octanol–water partition coefficient (Wildman–Crippen LogP) is -0.120. The van der Waals surface area contributed by atoms with Crippen molar-refractivity contribution in [3.05, 3.63) is 35.9 Å². The van der Waals surface area contributed by atoms with E-state index >= 15 is 0 Å². The molecule has 0 aliphatic heterocycles. The van der Waals surface area contributed by atoms with Gasteiger partial charge in [-0.1, -0.05) is 30.3 Å². The largest absolute Gasteiger partial charge is 0.394 e. The molecule has 3 nitrogen and oxygen atoms in total. The van der Waals surface area contributed by atoms with Gasteiger partial charge in [-0.3, -0.25) is 0 Å². The number of benzene rings is 1. The van der Waals surface area contributed by atoms with Crippen molar-refractivity contribution in [2.45, 2.75) is 6.42 Å². The van der Waals surface area contributed by atoms with Crippen LogP contribution in [-0.2, 0) is 10.8 Å². The minimum absolute atomic E-state index is 0.633. The van der Waals surface area contributed by atoms with Gasteiger partial charge in [-0.2, -0.15) is 0 Å². The van der Waals surface area contributed by atoms with E-state index < -0.39 is 9.36 Å². The van der Waals surface area contributed by atoms with Crippen molar-refractivity contribution in [3.8, 4) is 0 Å². The van der Waals surface area contributed by atoms with Crippen LogP contribution in [0.4, 0.5) is 0 Å².